The van der Waals surface area contributed by atoms with Crippen molar-refractivity contribution in [2.24, 2.45) is 11.3 Å². The largest absolute Gasteiger partial charge is 0.353 e. The van der Waals surface area contributed by atoms with Crippen molar-refractivity contribution < 1.29 is 4.79 Å². The topological polar surface area (TPSA) is 42.0 Å². The van der Waals surface area contributed by atoms with E-state index in [0.29, 0.717) is 18.4 Å². The zero-order chi connectivity index (χ0) is 16.3. The van der Waals surface area contributed by atoms with E-state index < -0.39 is 0 Å². The Morgan fingerprint density at radius 1 is 1.36 bits per heavy atom. The normalized spacial score (nSPS) is 22.6. The molecule has 2 atom stereocenters. The van der Waals surface area contributed by atoms with Gasteiger partial charge in [0, 0.05) is 10.9 Å². The molecule has 22 heavy (non-hydrogen) atoms. The third-order valence-electron chi connectivity index (χ3n) is 4.59. The van der Waals surface area contributed by atoms with Gasteiger partial charge < -0.3 is 5.32 Å². The third-order valence-corrected chi connectivity index (χ3v) is 6.74. The lowest BCUT2D eigenvalue weighted by molar-refractivity contribution is -0.122. The molecule has 1 heterocycles. The average Bonchev–Trinajstić information content (AvgIpc) is 2.78. The van der Waals surface area contributed by atoms with Gasteiger partial charge in [-0.3, -0.25) is 4.79 Å². The van der Waals surface area contributed by atoms with E-state index in [0.717, 1.165) is 21.3 Å². The Hall–Kier alpha value is -0.550. The van der Waals surface area contributed by atoms with Crippen LogP contribution in [-0.2, 0) is 11.2 Å². The molecule has 1 amide bonds. The minimum atomic E-state index is 0.153. The van der Waals surface area contributed by atoms with Crippen molar-refractivity contribution in [2.45, 2.75) is 70.2 Å². The Balaban J connectivity index is 1.99. The van der Waals surface area contributed by atoms with Gasteiger partial charge in [0.15, 0.2) is 0 Å². The smallest absolute Gasteiger partial charge is 0.225 e. The zero-order valence-electron chi connectivity index (χ0n) is 14.4. The van der Waals surface area contributed by atoms with Crippen LogP contribution in [0.3, 0.4) is 0 Å². The Morgan fingerprint density at radius 2 is 2.05 bits per heavy atom. The fourth-order valence-corrected chi connectivity index (χ4v) is 5.05. The van der Waals surface area contributed by atoms with Crippen LogP contribution in [0.25, 0.3) is 0 Å². The van der Waals surface area contributed by atoms with Crippen LogP contribution >= 0.6 is 23.1 Å². The monoisotopic (exact) mass is 340 g/mol. The number of thioether (sulfide) groups is 1. The molecule has 5 heteroatoms. The van der Waals surface area contributed by atoms with Crippen molar-refractivity contribution >= 4 is 29.0 Å². The molecule has 3 nitrogen and oxygen atoms in total. The molecule has 1 aliphatic rings. The second kappa shape index (κ2) is 7.35. The van der Waals surface area contributed by atoms with Gasteiger partial charge in [0.05, 0.1) is 12.1 Å². The first kappa shape index (κ1) is 17.8. The lowest BCUT2D eigenvalue weighted by Gasteiger charge is -2.40. The lowest BCUT2D eigenvalue weighted by atomic mass is 9.69. The number of aromatic nitrogens is 1. The van der Waals surface area contributed by atoms with Crippen molar-refractivity contribution in [3.05, 3.63) is 10.6 Å². The molecule has 0 saturated heterocycles. The van der Waals surface area contributed by atoms with E-state index in [1.165, 1.54) is 19.3 Å². The fraction of sp³-hybridized carbons (Fsp3) is 0.765. The highest BCUT2D eigenvalue weighted by molar-refractivity contribution is 8.00. The van der Waals surface area contributed by atoms with E-state index >= 15 is 0 Å². The Morgan fingerprint density at radius 3 is 2.64 bits per heavy atom. The van der Waals surface area contributed by atoms with Crippen LogP contribution in [0.15, 0.2) is 4.34 Å². The van der Waals surface area contributed by atoms with Gasteiger partial charge in [-0.15, -0.1) is 11.3 Å². The van der Waals surface area contributed by atoms with E-state index in [4.69, 9.17) is 0 Å². The number of thiazole rings is 1. The Labute approximate surface area is 142 Å². The molecule has 1 fully saturated rings. The van der Waals surface area contributed by atoms with Crippen LogP contribution < -0.4 is 5.32 Å². The quantitative estimate of drug-likeness (QED) is 0.824. The van der Waals surface area contributed by atoms with Gasteiger partial charge >= 0.3 is 0 Å². The molecule has 1 aromatic heterocycles. The van der Waals surface area contributed by atoms with Gasteiger partial charge in [-0.2, -0.15) is 0 Å². The Bertz CT molecular complexity index is 519. The molecular weight excluding hydrogens is 312 g/mol. The number of amides is 1. The molecule has 1 saturated carbocycles. The highest BCUT2D eigenvalue weighted by atomic mass is 32.2. The number of nitrogens with one attached hydrogen (secondary N) is 1. The molecule has 0 radical (unpaired) electrons. The molecule has 0 spiro atoms. The molecule has 1 aliphatic carbocycles. The highest BCUT2D eigenvalue weighted by Crippen LogP contribution is 2.38. The summed E-state index contributed by atoms with van der Waals surface area (Å²) in [5.74, 6) is 0.732. The van der Waals surface area contributed by atoms with Crippen LogP contribution in [0.4, 0.5) is 0 Å². The molecule has 0 aromatic carbocycles. The first-order valence-corrected chi connectivity index (χ1v) is 10.1. The molecule has 1 N–H and O–H groups in total. The summed E-state index contributed by atoms with van der Waals surface area (Å²) in [4.78, 5) is 18.1. The number of carbonyl (C=O) groups excluding carboxylic acids is 1. The fourth-order valence-electron chi connectivity index (χ4n) is 3.40. The minimum absolute atomic E-state index is 0.153. The van der Waals surface area contributed by atoms with E-state index in [-0.39, 0.29) is 11.3 Å². The van der Waals surface area contributed by atoms with Gasteiger partial charge in [-0.05, 0) is 37.4 Å². The van der Waals surface area contributed by atoms with Gasteiger partial charge in [0.2, 0.25) is 5.91 Å². The third kappa shape index (κ3) is 4.48. The average molecular weight is 341 g/mol. The van der Waals surface area contributed by atoms with Crippen LogP contribution in [0.1, 0.15) is 57.0 Å². The van der Waals surface area contributed by atoms with E-state index in [9.17, 15) is 4.79 Å². The van der Waals surface area contributed by atoms with Gasteiger partial charge in [-0.1, -0.05) is 45.4 Å². The number of carbonyl (C=O) groups is 1. The predicted octanol–water partition coefficient (Wildman–Crippen LogP) is 4.44. The lowest BCUT2D eigenvalue weighted by Crippen LogP contribution is -2.47. The van der Waals surface area contributed by atoms with Gasteiger partial charge in [-0.25, -0.2) is 4.98 Å². The summed E-state index contributed by atoms with van der Waals surface area (Å²) in [6.45, 7) is 8.87. The summed E-state index contributed by atoms with van der Waals surface area (Å²) in [5.41, 5.74) is 1.26. The summed E-state index contributed by atoms with van der Waals surface area (Å²) in [6, 6.07) is 0.328. The number of nitrogens with zero attached hydrogens (tertiary/aromatic N) is 1. The van der Waals surface area contributed by atoms with E-state index in [2.05, 4.69) is 31.1 Å². The standard InChI is InChI=1S/C17H28N2OS2/c1-11-14(22-16(18-11)21-5)10-15(20)19-13-9-7-6-8-12(13)17(2,3)4/h12-13H,6-10H2,1-5H3,(H,19,20)/t12-,13+/m0/s1. The van der Waals surface area contributed by atoms with Crippen molar-refractivity contribution in [3.63, 3.8) is 0 Å². The Kier molecular flexibility index (Phi) is 5.94. The number of hydrogen-bond donors (Lipinski definition) is 1. The minimum Gasteiger partial charge on any atom is -0.353 e. The molecule has 0 unspecified atom stereocenters. The van der Waals surface area contributed by atoms with Gasteiger partial charge in [0.25, 0.3) is 0 Å². The van der Waals surface area contributed by atoms with Crippen LogP contribution in [0.5, 0.6) is 0 Å². The summed E-state index contributed by atoms with van der Waals surface area (Å²) >= 11 is 3.29. The van der Waals surface area contributed by atoms with E-state index in [1.807, 2.05) is 13.2 Å². The van der Waals surface area contributed by atoms with Crippen LogP contribution in [0, 0.1) is 18.3 Å². The molecule has 1 aromatic rings. The maximum absolute atomic E-state index is 12.5. The second-order valence-electron chi connectivity index (χ2n) is 7.30. The molecule has 0 aliphatic heterocycles. The second-order valence-corrected chi connectivity index (χ2v) is 9.44. The number of hydrogen-bond acceptors (Lipinski definition) is 4. The van der Waals surface area contributed by atoms with Crippen molar-refractivity contribution in [1.29, 1.82) is 0 Å². The molecule has 2 rings (SSSR count). The molecular formula is C17H28N2OS2. The van der Waals surface area contributed by atoms with Crippen LogP contribution in [0.2, 0.25) is 0 Å². The summed E-state index contributed by atoms with van der Waals surface area (Å²) in [7, 11) is 0. The van der Waals surface area contributed by atoms with Crippen molar-refractivity contribution in [3.8, 4) is 0 Å². The van der Waals surface area contributed by atoms with E-state index in [1.54, 1.807) is 23.1 Å². The van der Waals surface area contributed by atoms with Gasteiger partial charge in [0.1, 0.15) is 4.34 Å². The number of rotatable bonds is 4. The SMILES string of the molecule is CSc1nc(C)c(CC(=O)N[C@@H]2CCCC[C@@H]2C(C)(C)C)s1. The summed E-state index contributed by atoms with van der Waals surface area (Å²) < 4.78 is 1.05. The van der Waals surface area contributed by atoms with Crippen molar-refractivity contribution in [1.82, 2.24) is 10.3 Å². The molecule has 0 bridgehead atoms. The highest BCUT2D eigenvalue weighted by Gasteiger charge is 2.34. The van der Waals surface area contributed by atoms with Crippen molar-refractivity contribution in [2.75, 3.05) is 6.26 Å². The van der Waals surface area contributed by atoms with Crippen LogP contribution in [-0.4, -0.2) is 23.2 Å². The first-order valence-electron chi connectivity index (χ1n) is 8.11. The summed E-state index contributed by atoms with van der Waals surface area (Å²) in [6.07, 6.45) is 7.36. The first-order chi connectivity index (χ1) is 10.3. The zero-order valence-corrected chi connectivity index (χ0v) is 16.0. The molecule has 124 valence electrons. The number of aryl methyl sites for hydroxylation is 1. The summed E-state index contributed by atoms with van der Waals surface area (Å²) in [5, 5.41) is 3.31. The maximum atomic E-state index is 12.5. The maximum Gasteiger partial charge on any atom is 0.225 e. The predicted molar refractivity (Wildman–Crippen MR) is 95.7 cm³/mol.